The summed E-state index contributed by atoms with van der Waals surface area (Å²) in [5.74, 6) is 1.27. The molecule has 2 N–H and O–H groups in total. The normalized spacial score (nSPS) is 15.3. The van der Waals surface area contributed by atoms with Crippen molar-refractivity contribution in [1.29, 1.82) is 0 Å². The molecule has 0 unspecified atom stereocenters. The third-order valence-electron chi connectivity index (χ3n) is 3.61. The number of carbonyl (C=O) groups excluding carboxylic acids is 1. The number of nitrogens with zero attached hydrogens (tertiary/aromatic N) is 3. The molecule has 0 radical (unpaired) electrons. The fraction of sp³-hybridized carbons (Fsp3) is 0.611. The first-order valence-electron chi connectivity index (χ1n) is 8.83. The molecule has 0 saturated carbocycles. The molecule has 0 aromatic carbocycles. The number of guanidine groups is 1. The van der Waals surface area contributed by atoms with Gasteiger partial charge in [0.1, 0.15) is 5.60 Å². The molecule has 0 aliphatic carbocycles. The van der Waals surface area contributed by atoms with Crippen molar-refractivity contribution in [3.05, 3.63) is 23.9 Å². The summed E-state index contributed by atoms with van der Waals surface area (Å²) in [4.78, 5) is 22.6. The number of hydrogen-bond acceptors (Lipinski definition) is 5. The van der Waals surface area contributed by atoms with Crippen LogP contribution < -0.4 is 15.4 Å². The highest BCUT2D eigenvalue weighted by molar-refractivity contribution is 5.80. The van der Waals surface area contributed by atoms with E-state index in [2.05, 4.69) is 20.6 Å². The second-order valence-corrected chi connectivity index (χ2v) is 7.09. The number of nitrogens with one attached hydrogen (secondary N) is 2. The van der Waals surface area contributed by atoms with Gasteiger partial charge in [0.25, 0.3) is 0 Å². The maximum Gasteiger partial charge on any atom is 0.410 e. The molecule has 1 aromatic rings. The van der Waals surface area contributed by atoms with E-state index in [0.29, 0.717) is 31.5 Å². The molecule has 0 spiro atoms. The fourth-order valence-electron chi connectivity index (χ4n) is 2.38. The average molecular weight is 363 g/mol. The second kappa shape index (κ2) is 8.73. The van der Waals surface area contributed by atoms with Gasteiger partial charge in [0, 0.05) is 25.7 Å². The quantitative estimate of drug-likeness (QED) is 0.612. The number of carbonyl (C=O) groups is 1. The number of hydrogen-bond donors (Lipinski definition) is 2. The van der Waals surface area contributed by atoms with E-state index < -0.39 is 5.60 Å². The van der Waals surface area contributed by atoms with Gasteiger partial charge in [0.2, 0.25) is 5.88 Å². The van der Waals surface area contributed by atoms with Crippen LogP contribution in [0.15, 0.2) is 23.2 Å². The predicted molar refractivity (Wildman–Crippen MR) is 100 cm³/mol. The third-order valence-corrected chi connectivity index (χ3v) is 3.61. The lowest BCUT2D eigenvalue weighted by Gasteiger charge is -2.40. The van der Waals surface area contributed by atoms with Gasteiger partial charge in [-0.1, -0.05) is 6.07 Å². The summed E-state index contributed by atoms with van der Waals surface area (Å²) >= 11 is 0. The molecule has 0 atom stereocenters. The van der Waals surface area contributed by atoms with Crippen molar-refractivity contribution >= 4 is 12.1 Å². The van der Waals surface area contributed by atoms with Crippen molar-refractivity contribution in [2.45, 2.75) is 45.9 Å². The van der Waals surface area contributed by atoms with Crippen molar-refractivity contribution in [3.8, 4) is 5.88 Å². The molecule has 8 nitrogen and oxygen atoms in total. The molecule has 1 aromatic heterocycles. The molecule has 1 saturated heterocycles. The van der Waals surface area contributed by atoms with Crippen LogP contribution in [0.25, 0.3) is 0 Å². The van der Waals surface area contributed by atoms with Gasteiger partial charge in [0.15, 0.2) is 5.96 Å². The second-order valence-electron chi connectivity index (χ2n) is 7.09. The number of pyridine rings is 1. The highest BCUT2D eigenvalue weighted by Gasteiger charge is 2.34. The van der Waals surface area contributed by atoms with E-state index in [9.17, 15) is 4.79 Å². The Hall–Kier alpha value is -2.51. The first-order valence-corrected chi connectivity index (χ1v) is 8.83. The Bertz CT molecular complexity index is 636. The van der Waals surface area contributed by atoms with Gasteiger partial charge in [-0.05, 0) is 33.8 Å². The molecule has 1 aliphatic heterocycles. The molecular formula is C18H29N5O3. The molecule has 26 heavy (non-hydrogen) atoms. The van der Waals surface area contributed by atoms with E-state index in [0.717, 1.165) is 12.2 Å². The minimum absolute atomic E-state index is 0.151. The molecule has 0 bridgehead atoms. The zero-order valence-electron chi connectivity index (χ0n) is 16.2. The molecule has 8 heteroatoms. The highest BCUT2D eigenvalue weighted by Crippen LogP contribution is 2.15. The van der Waals surface area contributed by atoms with Gasteiger partial charge in [-0.3, -0.25) is 0 Å². The van der Waals surface area contributed by atoms with Crippen LogP contribution in [0.3, 0.4) is 0 Å². The number of rotatable bonds is 5. The van der Waals surface area contributed by atoms with Crippen LogP contribution in [0, 0.1) is 0 Å². The largest absolute Gasteiger partial charge is 0.481 e. The van der Waals surface area contributed by atoms with Crippen molar-refractivity contribution in [3.63, 3.8) is 0 Å². The maximum atomic E-state index is 12.0. The van der Waals surface area contributed by atoms with Crippen molar-refractivity contribution in [1.82, 2.24) is 20.5 Å². The summed E-state index contributed by atoms with van der Waals surface area (Å²) in [7, 11) is 1.59. The molecule has 144 valence electrons. The van der Waals surface area contributed by atoms with Crippen LogP contribution >= 0.6 is 0 Å². The van der Waals surface area contributed by atoms with E-state index in [1.165, 1.54) is 0 Å². The molecule has 2 heterocycles. The molecule has 1 aliphatic rings. The standard InChI is InChI=1S/C18H29N5O3/c1-6-19-16(20-10-13-8-7-9-15(21-13)25-5)22-14-11-23(12-14)17(24)26-18(2,3)4/h7-9,14H,6,10-12H2,1-5H3,(H2,19,20,22). The Morgan fingerprint density at radius 2 is 2.12 bits per heavy atom. The zero-order valence-corrected chi connectivity index (χ0v) is 16.2. The number of ether oxygens (including phenoxy) is 2. The van der Waals surface area contributed by atoms with Gasteiger partial charge < -0.3 is 25.0 Å². The Balaban J connectivity index is 1.86. The Labute approximate surface area is 155 Å². The molecule has 1 amide bonds. The first-order chi connectivity index (χ1) is 12.3. The van der Waals surface area contributed by atoms with Crippen molar-refractivity contribution in [2.24, 2.45) is 4.99 Å². The maximum absolute atomic E-state index is 12.0. The fourth-order valence-corrected chi connectivity index (χ4v) is 2.38. The zero-order chi connectivity index (χ0) is 19.2. The molecule has 1 fully saturated rings. The van der Waals surface area contributed by atoms with E-state index >= 15 is 0 Å². The van der Waals surface area contributed by atoms with E-state index in [1.54, 1.807) is 18.1 Å². The number of likely N-dealkylation sites (tertiary alicyclic amines) is 1. The molecular weight excluding hydrogens is 334 g/mol. The number of aliphatic imine (C=N–C) groups is 1. The topological polar surface area (TPSA) is 88.1 Å². The van der Waals surface area contributed by atoms with Crippen LogP contribution in [0.1, 0.15) is 33.4 Å². The van der Waals surface area contributed by atoms with Crippen LogP contribution in [0.2, 0.25) is 0 Å². The Kier molecular flexibility index (Phi) is 6.65. The van der Waals surface area contributed by atoms with Gasteiger partial charge >= 0.3 is 6.09 Å². The average Bonchev–Trinajstić information content (AvgIpc) is 2.53. The summed E-state index contributed by atoms with van der Waals surface area (Å²) < 4.78 is 10.5. The predicted octanol–water partition coefficient (Wildman–Crippen LogP) is 1.76. The SMILES string of the molecule is CCNC(=NCc1cccc(OC)n1)NC1CN(C(=O)OC(C)(C)C)C1. The number of aromatic nitrogens is 1. The minimum atomic E-state index is -0.476. The van der Waals surface area contributed by atoms with Gasteiger partial charge in [-0.25, -0.2) is 14.8 Å². The monoisotopic (exact) mass is 363 g/mol. The van der Waals surface area contributed by atoms with E-state index in [-0.39, 0.29) is 12.1 Å². The van der Waals surface area contributed by atoms with Gasteiger partial charge in [-0.15, -0.1) is 0 Å². The minimum Gasteiger partial charge on any atom is -0.481 e. The van der Waals surface area contributed by atoms with Crippen LogP contribution in [0.4, 0.5) is 4.79 Å². The van der Waals surface area contributed by atoms with Crippen LogP contribution in [0.5, 0.6) is 5.88 Å². The van der Waals surface area contributed by atoms with Crippen LogP contribution in [-0.4, -0.2) is 60.3 Å². The number of amides is 1. The highest BCUT2D eigenvalue weighted by atomic mass is 16.6. The van der Waals surface area contributed by atoms with Crippen molar-refractivity contribution < 1.29 is 14.3 Å². The van der Waals surface area contributed by atoms with E-state index in [1.807, 2.05) is 39.8 Å². The lowest BCUT2D eigenvalue weighted by atomic mass is 10.1. The summed E-state index contributed by atoms with van der Waals surface area (Å²) in [5.41, 5.74) is 0.348. The third kappa shape index (κ3) is 6.09. The Morgan fingerprint density at radius 3 is 2.73 bits per heavy atom. The van der Waals surface area contributed by atoms with Crippen LogP contribution in [-0.2, 0) is 11.3 Å². The van der Waals surface area contributed by atoms with Gasteiger partial charge in [-0.2, -0.15) is 0 Å². The summed E-state index contributed by atoms with van der Waals surface area (Å²) in [5, 5.41) is 6.54. The molecule has 2 rings (SSSR count). The summed E-state index contributed by atoms with van der Waals surface area (Å²) in [6, 6.07) is 5.75. The lowest BCUT2D eigenvalue weighted by molar-refractivity contribution is 0.00701. The van der Waals surface area contributed by atoms with Gasteiger partial charge in [0.05, 0.1) is 25.4 Å². The summed E-state index contributed by atoms with van der Waals surface area (Å²) in [6.45, 7) is 9.98. The summed E-state index contributed by atoms with van der Waals surface area (Å²) in [6.07, 6.45) is -0.280. The number of methoxy groups -OCH3 is 1. The lowest BCUT2D eigenvalue weighted by Crippen LogP contribution is -2.63. The first kappa shape index (κ1) is 19.8. The van der Waals surface area contributed by atoms with Crippen molar-refractivity contribution in [2.75, 3.05) is 26.7 Å². The Morgan fingerprint density at radius 1 is 1.38 bits per heavy atom. The smallest absolute Gasteiger partial charge is 0.410 e. The van der Waals surface area contributed by atoms with E-state index in [4.69, 9.17) is 9.47 Å².